The molecule has 0 aliphatic rings. The lowest BCUT2D eigenvalue weighted by atomic mass is 9.95. The maximum Gasteiger partial charge on any atom is 0.116 e. The van der Waals surface area contributed by atoms with Crippen LogP contribution in [0.3, 0.4) is 0 Å². The van der Waals surface area contributed by atoms with Crippen molar-refractivity contribution in [3.05, 3.63) is 93.2 Å². The Morgan fingerprint density at radius 2 is 0.739 bits per heavy atom. The summed E-state index contributed by atoms with van der Waals surface area (Å²) in [6.45, 7) is 23.8. The summed E-state index contributed by atoms with van der Waals surface area (Å²) in [4.78, 5) is 35.4. The minimum absolute atomic E-state index is 0.526. The van der Waals surface area contributed by atoms with Crippen LogP contribution in [0.5, 0.6) is 0 Å². The fourth-order valence-corrected chi connectivity index (χ4v) is 23.6. The predicted octanol–water partition coefficient (Wildman–Crippen LogP) is 25.3. The first-order valence-corrected chi connectivity index (χ1v) is 41.1. The molecule has 9 nitrogen and oxygen atoms in total. The predicted molar refractivity (Wildman–Crippen MR) is 408 cm³/mol. The van der Waals surface area contributed by atoms with Crippen LogP contribution >= 0.6 is 103 Å². The summed E-state index contributed by atoms with van der Waals surface area (Å²) >= 11 is 16.0. The summed E-state index contributed by atoms with van der Waals surface area (Å²) in [5.41, 5.74) is 18.4. The standard InChI is InChI=1S/C74H81N9S9/c1-11-21-24-40(14-4)35-43-27-29-50(84-43)52-31-33-54(86-52)59-63-65(77-47(19-9)45(17-7)75-63)61(69-67(59)79-91-81-69)56-37-49-72(88-56)74-71(83(49)39-42(16-6)26-23-13-3)73-58(90-74)38-57(89-73)62-66-64(76-46(18-8)48(20-10)78-66)60(68-70(62)82-92-80-68)55-34-32-53(87-55)51-30-28-44(85-51)36-41(15-5)25-22-12-2/h27-34,37-38,40-42H,11-26,35-36,39H2,1-10H3. The zero-order chi connectivity index (χ0) is 63.3. The van der Waals surface area contributed by atoms with Crippen molar-refractivity contribution >= 4 is 177 Å². The first kappa shape index (κ1) is 64.1. The second kappa shape index (κ2) is 27.8. The quantitative estimate of drug-likeness (QED) is 0.0477. The third-order valence-corrected chi connectivity index (χ3v) is 28.8. The molecule has 0 aliphatic carbocycles. The van der Waals surface area contributed by atoms with Crippen LogP contribution in [0.25, 0.3) is 135 Å². The maximum absolute atomic E-state index is 5.66. The number of fused-ring (bicyclic) bond motifs is 9. The highest BCUT2D eigenvalue weighted by Crippen LogP contribution is 2.55. The molecule has 92 heavy (non-hydrogen) atoms. The second-order valence-corrected chi connectivity index (χ2v) is 33.7. The van der Waals surface area contributed by atoms with Crippen molar-refractivity contribution in [2.45, 2.75) is 191 Å². The summed E-state index contributed by atoms with van der Waals surface area (Å²) in [5, 5.41) is 0. The van der Waals surface area contributed by atoms with Crippen LogP contribution in [0.4, 0.5) is 0 Å². The van der Waals surface area contributed by atoms with E-state index in [1.807, 2.05) is 79.4 Å². The number of aromatic nitrogens is 9. The molecule has 0 spiro atoms. The SMILES string of the molecule is CCCCC(CC)Cc1ccc(-c2ccc(-c3c4nsnc4c(-c4cc5c(s4)c4sc6cc(-c7c8nsnc8c(-c8ccc(-c9ccc(CC(CC)CCCC)s9)s8)c8nc(CC)c(CC)nc78)sc6c4n5CC(CC)CCCC)c4nc(CC)c(CC)nc34)s2)s1. The molecule has 0 radical (unpaired) electrons. The van der Waals surface area contributed by atoms with Gasteiger partial charge in [-0.05, 0) is 123 Å². The van der Waals surface area contributed by atoms with E-state index in [2.05, 4.69) is 134 Å². The van der Waals surface area contributed by atoms with Gasteiger partial charge in [-0.2, -0.15) is 17.5 Å². The zero-order valence-corrected chi connectivity index (χ0v) is 62.0. The molecule has 12 heterocycles. The molecule has 476 valence electrons. The molecular weight excluding hydrogens is 1300 g/mol. The Labute approximate surface area is 577 Å². The molecule has 3 atom stereocenters. The fourth-order valence-electron chi connectivity index (χ4n) is 13.9. The Kier molecular flexibility index (Phi) is 19.4. The van der Waals surface area contributed by atoms with Gasteiger partial charge in [0.25, 0.3) is 0 Å². The van der Waals surface area contributed by atoms with Gasteiger partial charge in [0.1, 0.15) is 44.1 Å². The van der Waals surface area contributed by atoms with E-state index in [1.54, 1.807) is 0 Å². The number of rotatable bonds is 28. The summed E-state index contributed by atoms with van der Waals surface area (Å²) in [7, 11) is 0. The van der Waals surface area contributed by atoms with E-state index < -0.39 is 0 Å². The smallest absolute Gasteiger partial charge is 0.116 e. The molecule has 0 amide bonds. The van der Waals surface area contributed by atoms with E-state index in [1.165, 1.54) is 163 Å². The van der Waals surface area contributed by atoms with Gasteiger partial charge in [-0.25, -0.2) is 19.9 Å². The molecule has 2 aromatic carbocycles. The van der Waals surface area contributed by atoms with Crippen molar-refractivity contribution in [2.75, 3.05) is 0 Å². The number of aryl methyl sites for hydroxylation is 4. The van der Waals surface area contributed by atoms with Gasteiger partial charge in [0.2, 0.25) is 0 Å². The zero-order valence-electron chi connectivity index (χ0n) is 54.6. The molecule has 0 saturated carbocycles. The van der Waals surface area contributed by atoms with E-state index in [9.17, 15) is 0 Å². The van der Waals surface area contributed by atoms with E-state index in [-0.39, 0.29) is 0 Å². The fraction of sp³-hybridized carbons (Fsp3) is 0.432. The molecule has 12 aromatic heterocycles. The molecule has 0 saturated heterocycles. The highest BCUT2D eigenvalue weighted by Gasteiger charge is 2.31. The summed E-state index contributed by atoms with van der Waals surface area (Å²) in [6.07, 6.45) is 20.4. The first-order chi connectivity index (χ1) is 45.1. The van der Waals surface area contributed by atoms with Crippen LogP contribution < -0.4 is 0 Å². The summed E-state index contributed by atoms with van der Waals surface area (Å²) in [5.74, 6) is 2.00. The molecule has 18 heteroatoms. The Balaban J connectivity index is 0.899. The van der Waals surface area contributed by atoms with Gasteiger partial charge < -0.3 is 4.57 Å². The highest BCUT2D eigenvalue weighted by atomic mass is 32.1. The molecule has 0 bridgehead atoms. The van der Waals surface area contributed by atoms with Gasteiger partial charge in [-0.1, -0.05) is 140 Å². The number of benzene rings is 2. The molecule has 0 N–H and O–H groups in total. The van der Waals surface area contributed by atoms with Gasteiger partial charge in [0.15, 0.2) is 0 Å². The van der Waals surface area contributed by atoms with Crippen molar-refractivity contribution in [1.82, 2.24) is 42.0 Å². The lowest BCUT2D eigenvalue weighted by molar-refractivity contribution is 0.401. The largest absolute Gasteiger partial charge is 0.338 e. The lowest BCUT2D eigenvalue weighted by Crippen LogP contribution is -2.09. The van der Waals surface area contributed by atoms with Gasteiger partial charge in [-0.3, -0.25) is 0 Å². The van der Waals surface area contributed by atoms with Crippen LogP contribution in [0.15, 0.2) is 60.7 Å². The molecule has 3 unspecified atom stereocenters. The van der Waals surface area contributed by atoms with Crippen molar-refractivity contribution < 1.29 is 0 Å². The van der Waals surface area contributed by atoms with Gasteiger partial charge in [0, 0.05) is 82.3 Å². The molecule has 0 fully saturated rings. The van der Waals surface area contributed by atoms with Gasteiger partial charge in [-0.15, -0.1) is 79.4 Å². The number of hydrogen-bond acceptors (Lipinski definition) is 17. The maximum atomic E-state index is 5.66. The van der Waals surface area contributed by atoms with E-state index >= 15 is 0 Å². The molecule has 14 rings (SSSR count). The Bertz CT molecular complexity index is 4950. The average molecular weight is 1390 g/mol. The van der Waals surface area contributed by atoms with Crippen LogP contribution in [-0.2, 0) is 45.1 Å². The summed E-state index contributed by atoms with van der Waals surface area (Å²) < 4.78 is 28.8. The topological polar surface area (TPSA) is 108 Å². The molecule has 0 aliphatic heterocycles. The number of nitrogens with zero attached hydrogens (tertiary/aromatic N) is 9. The van der Waals surface area contributed by atoms with E-state index in [0.29, 0.717) is 5.92 Å². The van der Waals surface area contributed by atoms with Crippen molar-refractivity contribution in [2.24, 2.45) is 17.8 Å². The van der Waals surface area contributed by atoms with Crippen molar-refractivity contribution in [3.63, 3.8) is 0 Å². The minimum atomic E-state index is 0.526. The Morgan fingerprint density at radius 1 is 0.359 bits per heavy atom. The second-order valence-electron chi connectivity index (χ2n) is 25.0. The summed E-state index contributed by atoms with van der Waals surface area (Å²) in [6, 6.07) is 23.5. The third-order valence-electron chi connectivity index (χ3n) is 19.2. The van der Waals surface area contributed by atoms with Crippen LogP contribution in [0.2, 0.25) is 0 Å². The molecular formula is C74H81N9S9. The number of unbranched alkanes of at least 4 members (excludes halogenated alkanes) is 3. The van der Waals surface area contributed by atoms with Crippen LogP contribution in [-0.4, -0.2) is 42.0 Å². The van der Waals surface area contributed by atoms with E-state index in [4.69, 9.17) is 37.4 Å². The van der Waals surface area contributed by atoms with Crippen LogP contribution in [0.1, 0.15) is 179 Å². The van der Waals surface area contributed by atoms with Crippen molar-refractivity contribution in [1.29, 1.82) is 0 Å². The highest BCUT2D eigenvalue weighted by molar-refractivity contribution is 7.37. The Morgan fingerprint density at radius 3 is 1.16 bits per heavy atom. The van der Waals surface area contributed by atoms with Crippen molar-refractivity contribution in [3.8, 4) is 61.3 Å². The first-order valence-electron chi connectivity index (χ1n) is 33.9. The normalized spacial score (nSPS) is 13.4. The third kappa shape index (κ3) is 11.8. The minimum Gasteiger partial charge on any atom is -0.338 e. The van der Waals surface area contributed by atoms with Gasteiger partial charge >= 0.3 is 0 Å². The number of hydrogen-bond donors (Lipinski definition) is 0. The number of thiophene rings is 7. The van der Waals surface area contributed by atoms with Crippen LogP contribution in [0, 0.1) is 17.8 Å². The average Bonchev–Trinajstić information content (AvgIpc) is 1.48. The van der Waals surface area contributed by atoms with E-state index in [0.717, 1.165) is 162 Å². The Hall–Kier alpha value is -5.28. The lowest BCUT2D eigenvalue weighted by Gasteiger charge is -2.17. The monoisotopic (exact) mass is 1380 g/mol. The molecule has 14 aromatic rings. The van der Waals surface area contributed by atoms with Gasteiger partial charge in [0.05, 0.1) is 71.4 Å².